The van der Waals surface area contributed by atoms with Gasteiger partial charge in [0.15, 0.2) is 12.0 Å². The van der Waals surface area contributed by atoms with E-state index in [4.69, 9.17) is 19.3 Å². The molecule has 1 aliphatic rings. The van der Waals surface area contributed by atoms with Crippen LogP contribution >= 0.6 is 0 Å². The van der Waals surface area contributed by atoms with E-state index in [2.05, 4.69) is 4.74 Å². The Hall–Kier alpha value is -2.19. The number of rotatable bonds is 7. The van der Waals surface area contributed by atoms with E-state index < -0.39 is 35.5 Å². The topological polar surface area (TPSA) is 108 Å². The van der Waals surface area contributed by atoms with Gasteiger partial charge in [0.1, 0.15) is 5.57 Å². The van der Waals surface area contributed by atoms with Gasteiger partial charge in [-0.15, -0.1) is 0 Å². The van der Waals surface area contributed by atoms with Crippen LogP contribution in [0, 0.1) is 5.92 Å². The van der Waals surface area contributed by atoms with E-state index in [0.29, 0.717) is 0 Å². The van der Waals surface area contributed by atoms with Gasteiger partial charge < -0.3 is 24.1 Å². The number of hydrogen-bond acceptors (Lipinski definition) is 7. The van der Waals surface area contributed by atoms with Crippen molar-refractivity contribution in [3.63, 3.8) is 0 Å². The number of ether oxygens (including phenoxy) is 4. The molecule has 1 rings (SSSR count). The zero-order valence-electron chi connectivity index (χ0n) is 12.7. The molecule has 0 saturated carbocycles. The number of ketones is 1. The van der Waals surface area contributed by atoms with Gasteiger partial charge in [-0.25, -0.2) is 9.59 Å². The Morgan fingerprint density at radius 2 is 1.82 bits per heavy atom. The van der Waals surface area contributed by atoms with Gasteiger partial charge in [0, 0.05) is 26.6 Å². The second kappa shape index (κ2) is 7.71. The number of methoxy groups -OCH3 is 4. The molecule has 0 spiro atoms. The van der Waals surface area contributed by atoms with E-state index in [1.165, 1.54) is 27.4 Å². The third-order valence-corrected chi connectivity index (χ3v) is 3.25. The van der Waals surface area contributed by atoms with Crippen LogP contribution in [0.3, 0.4) is 0 Å². The Bertz CT molecular complexity index is 527. The van der Waals surface area contributed by atoms with Crippen molar-refractivity contribution in [3.8, 4) is 0 Å². The molecule has 1 N–H and O–H groups in total. The monoisotopic (exact) mass is 314 g/mol. The van der Waals surface area contributed by atoms with Gasteiger partial charge in [-0.05, 0) is 0 Å². The average Bonchev–Trinajstić information content (AvgIpc) is 2.51. The van der Waals surface area contributed by atoms with Crippen molar-refractivity contribution in [3.05, 3.63) is 23.0 Å². The molecule has 122 valence electrons. The summed E-state index contributed by atoms with van der Waals surface area (Å²) in [5.41, 5.74) is -0.528. The third kappa shape index (κ3) is 3.52. The highest BCUT2D eigenvalue weighted by molar-refractivity contribution is 6.25. The maximum Gasteiger partial charge on any atom is 0.339 e. The van der Waals surface area contributed by atoms with Crippen molar-refractivity contribution in [2.24, 2.45) is 5.92 Å². The van der Waals surface area contributed by atoms with Crippen LogP contribution in [0.5, 0.6) is 0 Å². The third-order valence-electron chi connectivity index (χ3n) is 3.25. The van der Waals surface area contributed by atoms with Gasteiger partial charge in [0.2, 0.25) is 5.78 Å². The Morgan fingerprint density at radius 1 is 1.23 bits per heavy atom. The van der Waals surface area contributed by atoms with Crippen molar-refractivity contribution in [1.29, 1.82) is 0 Å². The lowest BCUT2D eigenvalue weighted by Crippen LogP contribution is -2.31. The zero-order chi connectivity index (χ0) is 16.9. The van der Waals surface area contributed by atoms with Crippen molar-refractivity contribution in [2.75, 3.05) is 28.4 Å². The molecule has 0 bridgehead atoms. The molecular weight excluding hydrogens is 296 g/mol. The number of hydrogen-bond donors (Lipinski definition) is 1. The van der Waals surface area contributed by atoms with Gasteiger partial charge in [0.05, 0.1) is 19.8 Å². The summed E-state index contributed by atoms with van der Waals surface area (Å²) in [6.45, 7) is 0. The van der Waals surface area contributed by atoms with E-state index in [0.717, 1.165) is 7.11 Å². The molecule has 0 aliphatic heterocycles. The fraction of sp³-hybridized carbons (Fsp3) is 0.500. The maximum absolute atomic E-state index is 12.1. The first-order valence-corrected chi connectivity index (χ1v) is 6.33. The van der Waals surface area contributed by atoms with E-state index in [1.807, 2.05) is 0 Å². The molecule has 1 atom stereocenters. The highest BCUT2D eigenvalue weighted by Gasteiger charge is 2.38. The van der Waals surface area contributed by atoms with Crippen molar-refractivity contribution in [2.45, 2.75) is 12.7 Å². The summed E-state index contributed by atoms with van der Waals surface area (Å²) in [5, 5.41) is 9.12. The van der Waals surface area contributed by atoms with Crippen LogP contribution in [-0.2, 0) is 33.3 Å². The summed E-state index contributed by atoms with van der Waals surface area (Å²) in [5.74, 6) is -4.15. The molecule has 0 amide bonds. The van der Waals surface area contributed by atoms with Crippen molar-refractivity contribution in [1.82, 2.24) is 0 Å². The number of allylic oxidation sites excluding steroid dienone is 2. The predicted molar refractivity (Wildman–Crippen MR) is 72.7 cm³/mol. The van der Waals surface area contributed by atoms with E-state index in [-0.39, 0.29) is 17.8 Å². The first-order valence-electron chi connectivity index (χ1n) is 6.33. The van der Waals surface area contributed by atoms with Crippen LogP contribution in [0.1, 0.15) is 6.42 Å². The molecular formula is C14H18O8. The fourth-order valence-corrected chi connectivity index (χ4v) is 2.18. The minimum atomic E-state index is -1.40. The van der Waals surface area contributed by atoms with Gasteiger partial charge >= 0.3 is 11.9 Å². The minimum absolute atomic E-state index is 0.0564. The molecule has 22 heavy (non-hydrogen) atoms. The van der Waals surface area contributed by atoms with E-state index >= 15 is 0 Å². The average molecular weight is 314 g/mol. The van der Waals surface area contributed by atoms with Crippen LogP contribution in [-0.4, -0.2) is 57.6 Å². The maximum atomic E-state index is 12.1. The van der Waals surface area contributed by atoms with Gasteiger partial charge in [0.25, 0.3) is 0 Å². The summed E-state index contributed by atoms with van der Waals surface area (Å²) in [4.78, 5) is 35.2. The molecule has 0 radical (unpaired) electrons. The van der Waals surface area contributed by atoms with Crippen LogP contribution < -0.4 is 0 Å². The summed E-state index contributed by atoms with van der Waals surface area (Å²) >= 11 is 0. The number of esters is 1. The highest BCUT2D eigenvalue weighted by atomic mass is 16.7. The Labute approximate surface area is 127 Å². The Morgan fingerprint density at radius 3 is 2.23 bits per heavy atom. The molecule has 1 aliphatic carbocycles. The normalized spacial score (nSPS) is 18.3. The lowest BCUT2D eigenvalue weighted by atomic mass is 9.84. The second-order valence-corrected chi connectivity index (χ2v) is 4.40. The first kappa shape index (κ1) is 17.9. The largest absolute Gasteiger partial charge is 0.492 e. The fourth-order valence-electron chi connectivity index (χ4n) is 2.18. The van der Waals surface area contributed by atoms with E-state index in [9.17, 15) is 14.4 Å². The Kier molecular flexibility index (Phi) is 6.26. The molecule has 8 heteroatoms. The molecule has 0 aromatic heterocycles. The molecule has 0 fully saturated rings. The smallest absolute Gasteiger partial charge is 0.339 e. The molecule has 0 heterocycles. The first-order chi connectivity index (χ1) is 10.4. The summed E-state index contributed by atoms with van der Waals surface area (Å²) < 4.78 is 19.7. The van der Waals surface area contributed by atoms with Crippen LogP contribution in [0.2, 0.25) is 0 Å². The summed E-state index contributed by atoms with van der Waals surface area (Å²) in [7, 11) is 5.15. The zero-order valence-corrected chi connectivity index (χ0v) is 12.7. The lowest BCUT2D eigenvalue weighted by molar-refractivity contribution is -0.140. The molecule has 0 aromatic rings. The van der Waals surface area contributed by atoms with Crippen LogP contribution in [0.25, 0.3) is 0 Å². The minimum Gasteiger partial charge on any atom is -0.492 e. The number of carboxylic acid groups (broad SMARTS) is 1. The van der Waals surface area contributed by atoms with E-state index in [1.54, 1.807) is 0 Å². The van der Waals surface area contributed by atoms with Gasteiger partial charge in [-0.1, -0.05) is 6.08 Å². The molecule has 0 saturated heterocycles. The summed E-state index contributed by atoms with van der Waals surface area (Å²) in [6.07, 6.45) is 0.612. The SMILES string of the molecule is COC(=O)C1=C(OC)C(=O)C(C(=O)O)=CC1CC(OC)OC. The van der Waals surface area contributed by atoms with Crippen molar-refractivity contribution < 1.29 is 38.4 Å². The molecule has 8 nitrogen and oxygen atoms in total. The number of carbonyl (C=O) groups is 3. The van der Waals surface area contributed by atoms with Crippen molar-refractivity contribution >= 4 is 17.7 Å². The Balaban J connectivity index is 3.35. The summed E-state index contributed by atoms with van der Waals surface area (Å²) in [6, 6.07) is 0. The number of carbonyl (C=O) groups excluding carboxylic acids is 2. The van der Waals surface area contributed by atoms with Crippen LogP contribution in [0.4, 0.5) is 0 Å². The standard InChI is InChI=1S/C14H18O8/c1-19-9(20-2)6-7-5-8(13(16)17)11(15)12(21-3)10(7)14(18)22-4/h5,7,9H,6H2,1-4H3,(H,16,17). The molecule has 1 unspecified atom stereocenters. The lowest BCUT2D eigenvalue weighted by Gasteiger charge is -2.25. The van der Waals surface area contributed by atoms with Gasteiger partial charge in [-0.2, -0.15) is 0 Å². The predicted octanol–water partition coefficient (Wildman–Crippen LogP) is 0.279. The quantitative estimate of drug-likeness (QED) is 0.405. The number of Topliss-reactive ketones (excluding diaryl/α,β-unsaturated/α-hetero) is 1. The van der Waals surface area contributed by atoms with Crippen LogP contribution in [0.15, 0.2) is 23.0 Å². The number of carboxylic acids is 1. The number of aliphatic carboxylic acids is 1. The second-order valence-electron chi connectivity index (χ2n) is 4.40. The highest BCUT2D eigenvalue weighted by Crippen LogP contribution is 2.32. The van der Waals surface area contributed by atoms with Gasteiger partial charge in [-0.3, -0.25) is 4.79 Å². The molecule has 0 aromatic carbocycles.